The third-order valence-electron chi connectivity index (χ3n) is 4.86. The molecule has 3 atom stereocenters. The summed E-state index contributed by atoms with van der Waals surface area (Å²) in [4.78, 5) is 0. The van der Waals surface area contributed by atoms with Gasteiger partial charge in [0.25, 0.3) is 0 Å². The van der Waals surface area contributed by atoms with E-state index in [1.165, 1.54) is 0 Å². The lowest BCUT2D eigenvalue weighted by atomic mass is 9.78. The standard InChI is InChI=1S/C18H32O6/c1-2-3-18(14-21-10-17-13-24-17,4-6-19-8-15-11-22-15)5-7-20-9-16-12-23-16/h15-17H,2-14H2,1H3. The lowest BCUT2D eigenvalue weighted by Gasteiger charge is -2.33. The highest BCUT2D eigenvalue weighted by atomic mass is 16.6. The van der Waals surface area contributed by atoms with Crippen molar-refractivity contribution in [3.8, 4) is 0 Å². The molecule has 3 unspecified atom stereocenters. The maximum Gasteiger partial charge on any atom is 0.104 e. The van der Waals surface area contributed by atoms with Crippen molar-refractivity contribution in [2.24, 2.45) is 5.41 Å². The first-order valence-corrected chi connectivity index (χ1v) is 9.38. The highest BCUT2D eigenvalue weighted by molar-refractivity contribution is 4.81. The second-order valence-corrected chi connectivity index (χ2v) is 7.28. The van der Waals surface area contributed by atoms with Crippen molar-refractivity contribution in [2.45, 2.75) is 50.9 Å². The Hall–Kier alpha value is -0.240. The van der Waals surface area contributed by atoms with E-state index in [1.807, 2.05) is 0 Å². The highest BCUT2D eigenvalue weighted by Crippen LogP contribution is 2.34. The van der Waals surface area contributed by atoms with E-state index in [0.717, 1.165) is 65.3 Å². The molecule has 0 bridgehead atoms. The number of hydrogen-bond acceptors (Lipinski definition) is 6. The summed E-state index contributed by atoms with van der Waals surface area (Å²) in [5.74, 6) is 0. The van der Waals surface area contributed by atoms with Crippen molar-refractivity contribution < 1.29 is 28.4 Å². The Morgan fingerprint density at radius 3 is 1.62 bits per heavy atom. The van der Waals surface area contributed by atoms with E-state index in [9.17, 15) is 0 Å². The van der Waals surface area contributed by atoms with Crippen LogP contribution in [0, 0.1) is 5.41 Å². The van der Waals surface area contributed by atoms with Gasteiger partial charge in [-0.25, -0.2) is 0 Å². The molecule has 0 saturated carbocycles. The third-order valence-corrected chi connectivity index (χ3v) is 4.86. The normalized spacial score (nSPS) is 30.1. The summed E-state index contributed by atoms with van der Waals surface area (Å²) in [6.07, 6.45) is 5.25. The Morgan fingerprint density at radius 1 is 0.750 bits per heavy atom. The highest BCUT2D eigenvalue weighted by Gasteiger charge is 2.32. The van der Waals surface area contributed by atoms with Crippen LogP contribution < -0.4 is 0 Å². The quantitative estimate of drug-likeness (QED) is 0.314. The van der Waals surface area contributed by atoms with Crippen molar-refractivity contribution in [1.82, 2.24) is 0 Å². The zero-order chi connectivity index (χ0) is 16.7. The van der Waals surface area contributed by atoms with Gasteiger partial charge in [0, 0.05) is 13.2 Å². The molecule has 0 spiro atoms. The number of epoxide rings is 3. The topological polar surface area (TPSA) is 65.3 Å². The Morgan fingerprint density at radius 2 is 1.21 bits per heavy atom. The summed E-state index contributed by atoms with van der Waals surface area (Å²) in [6, 6.07) is 0. The number of rotatable bonds is 16. The van der Waals surface area contributed by atoms with Crippen LogP contribution in [-0.2, 0) is 28.4 Å². The molecule has 0 aromatic carbocycles. The molecule has 3 aliphatic heterocycles. The summed E-state index contributed by atoms with van der Waals surface area (Å²) >= 11 is 0. The van der Waals surface area contributed by atoms with Gasteiger partial charge in [-0.3, -0.25) is 0 Å². The van der Waals surface area contributed by atoms with Crippen molar-refractivity contribution in [1.29, 1.82) is 0 Å². The molecule has 3 saturated heterocycles. The molecule has 6 nitrogen and oxygen atoms in total. The fourth-order valence-electron chi connectivity index (χ4n) is 3.03. The van der Waals surface area contributed by atoms with Gasteiger partial charge < -0.3 is 28.4 Å². The smallest absolute Gasteiger partial charge is 0.104 e. The average Bonchev–Trinajstić information content (AvgIpc) is 3.43. The fourth-order valence-corrected chi connectivity index (χ4v) is 3.03. The first-order chi connectivity index (χ1) is 11.8. The summed E-state index contributed by atoms with van der Waals surface area (Å²) < 4.78 is 33.2. The van der Waals surface area contributed by atoms with Crippen molar-refractivity contribution in [3.05, 3.63) is 0 Å². The van der Waals surface area contributed by atoms with Crippen LogP contribution in [0.2, 0.25) is 0 Å². The minimum absolute atomic E-state index is 0.123. The van der Waals surface area contributed by atoms with Gasteiger partial charge in [0.15, 0.2) is 0 Å². The predicted octanol–water partition coefficient (Wildman–Crippen LogP) is 1.80. The molecule has 0 radical (unpaired) electrons. The maximum absolute atomic E-state index is 5.97. The Labute approximate surface area is 145 Å². The molecule has 3 fully saturated rings. The van der Waals surface area contributed by atoms with Gasteiger partial charge >= 0.3 is 0 Å². The van der Waals surface area contributed by atoms with E-state index in [1.54, 1.807) is 0 Å². The van der Waals surface area contributed by atoms with Gasteiger partial charge in [-0.1, -0.05) is 13.3 Å². The monoisotopic (exact) mass is 344 g/mol. The molecule has 0 N–H and O–H groups in total. The van der Waals surface area contributed by atoms with E-state index in [2.05, 4.69) is 6.92 Å². The summed E-state index contributed by atoms with van der Waals surface area (Å²) in [7, 11) is 0. The molecule has 0 aromatic rings. The molecule has 24 heavy (non-hydrogen) atoms. The van der Waals surface area contributed by atoms with Crippen molar-refractivity contribution in [2.75, 3.05) is 59.5 Å². The Kier molecular flexibility index (Phi) is 7.31. The van der Waals surface area contributed by atoms with Gasteiger partial charge in [0.05, 0.1) is 46.2 Å². The van der Waals surface area contributed by atoms with Crippen LogP contribution in [0.4, 0.5) is 0 Å². The molecule has 6 heteroatoms. The molecule has 140 valence electrons. The van der Waals surface area contributed by atoms with Crippen LogP contribution in [0.3, 0.4) is 0 Å². The molecule has 3 aliphatic rings. The summed E-state index contributed by atoms with van der Waals surface area (Å²) in [6.45, 7) is 9.19. The molecular weight excluding hydrogens is 312 g/mol. The van der Waals surface area contributed by atoms with E-state index >= 15 is 0 Å². The van der Waals surface area contributed by atoms with Gasteiger partial charge in [-0.05, 0) is 24.7 Å². The third kappa shape index (κ3) is 7.33. The molecule has 0 aromatic heterocycles. The molecular formula is C18H32O6. The van der Waals surface area contributed by atoms with Crippen LogP contribution >= 0.6 is 0 Å². The molecule has 3 heterocycles. The lowest BCUT2D eigenvalue weighted by Crippen LogP contribution is -2.31. The molecule has 0 amide bonds. The Bertz CT molecular complexity index is 331. The second kappa shape index (κ2) is 9.46. The van der Waals surface area contributed by atoms with Gasteiger partial charge in [-0.15, -0.1) is 0 Å². The first kappa shape index (κ1) is 18.5. The molecule has 0 aliphatic carbocycles. The molecule has 3 rings (SSSR count). The van der Waals surface area contributed by atoms with Crippen LogP contribution in [0.15, 0.2) is 0 Å². The largest absolute Gasteiger partial charge is 0.379 e. The first-order valence-electron chi connectivity index (χ1n) is 9.38. The van der Waals surface area contributed by atoms with Crippen LogP contribution in [-0.4, -0.2) is 77.8 Å². The minimum Gasteiger partial charge on any atom is -0.379 e. The Balaban J connectivity index is 1.40. The second-order valence-electron chi connectivity index (χ2n) is 7.28. The van der Waals surface area contributed by atoms with Crippen molar-refractivity contribution >= 4 is 0 Å². The fraction of sp³-hybridized carbons (Fsp3) is 1.00. The SMILES string of the molecule is CCCC(CCOCC1CO1)(CCOCC1CO1)COCC1CO1. The summed E-state index contributed by atoms with van der Waals surface area (Å²) in [5.41, 5.74) is 0.123. The van der Waals surface area contributed by atoms with Gasteiger partial charge in [0.2, 0.25) is 0 Å². The number of ether oxygens (including phenoxy) is 6. The zero-order valence-corrected chi connectivity index (χ0v) is 14.9. The maximum atomic E-state index is 5.97. The lowest BCUT2D eigenvalue weighted by molar-refractivity contribution is -0.0182. The van der Waals surface area contributed by atoms with Crippen LogP contribution in [0.25, 0.3) is 0 Å². The summed E-state index contributed by atoms with van der Waals surface area (Å²) in [5, 5.41) is 0. The van der Waals surface area contributed by atoms with E-state index in [-0.39, 0.29) is 5.41 Å². The minimum atomic E-state index is 0.123. The van der Waals surface area contributed by atoms with Gasteiger partial charge in [0.1, 0.15) is 18.3 Å². The predicted molar refractivity (Wildman–Crippen MR) is 88.3 cm³/mol. The van der Waals surface area contributed by atoms with Crippen LogP contribution in [0.1, 0.15) is 32.6 Å². The number of hydrogen-bond donors (Lipinski definition) is 0. The van der Waals surface area contributed by atoms with E-state index in [0.29, 0.717) is 38.1 Å². The average molecular weight is 344 g/mol. The van der Waals surface area contributed by atoms with Gasteiger partial charge in [-0.2, -0.15) is 0 Å². The van der Waals surface area contributed by atoms with Crippen LogP contribution in [0.5, 0.6) is 0 Å². The van der Waals surface area contributed by atoms with E-state index < -0.39 is 0 Å². The zero-order valence-electron chi connectivity index (χ0n) is 14.9. The van der Waals surface area contributed by atoms with E-state index in [4.69, 9.17) is 28.4 Å². The van der Waals surface area contributed by atoms with Crippen molar-refractivity contribution in [3.63, 3.8) is 0 Å².